The fraction of sp³-hybridized carbons (Fsp3) is 0.333. The maximum Gasteiger partial charge on any atom is 0.149 e. The van der Waals surface area contributed by atoms with Gasteiger partial charge in [-0.25, -0.2) is 9.07 Å². The highest BCUT2D eigenvalue weighted by Crippen LogP contribution is 2.19. The van der Waals surface area contributed by atoms with Gasteiger partial charge in [-0.1, -0.05) is 11.3 Å². The van der Waals surface area contributed by atoms with E-state index in [0.717, 1.165) is 11.3 Å². The molecule has 0 aliphatic carbocycles. The van der Waals surface area contributed by atoms with Gasteiger partial charge in [-0.3, -0.25) is 0 Å². The first-order chi connectivity index (χ1) is 8.00. The van der Waals surface area contributed by atoms with E-state index < -0.39 is 0 Å². The Bertz CT molecular complexity index is 545. The molecule has 2 rings (SSSR count). The van der Waals surface area contributed by atoms with Crippen LogP contribution in [0.5, 0.6) is 0 Å². The van der Waals surface area contributed by atoms with E-state index in [4.69, 9.17) is 5.73 Å². The molecule has 0 spiro atoms. The van der Waals surface area contributed by atoms with E-state index in [-0.39, 0.29) is 11.9 Å². The van der Waals surface area contributed by atoms with Gasteiger partial charge in [0, 0.05) is 6.04 Å². The molecule has 1 atom stereocenters. The Hall–Kier alpha value is -1.75. The van der Waals surface area contributed by atoms with Crippen molar-refractivity contribution in [1.82, 2.24) is 15.0 Å². The Morgan fingerprint density at radius 1 is 1.35 bits per heavy atom. The van der Waals surface area contributed by atoms with Gasteiger partial charge in [0.05, 0.1) is 5.69 Å². The maximum atomic E-state index is 13.8. The van der Waals surface area contributed by atoms with Crippen molar-refractivity contribution in [3.63, 3.8) is 0 Å². The van der Waals surface area contributed by atoms with Gasteiger partial charge in [0.2, 0.25) is 0 Å². The third kappa shape index (κ3) is 2.06. The van der Waals surface area contributed by atoms with Crippen molar-refractivity contribution >= 4 is 0 Å². The molecule has 2 N–H and O–H groups in total. The first-order valence-electron chi connectivity index (χ1n) is 5.45. The second-order valence-electron chi connectivity index (χ2n) is 4.22. The summed E-state index contributed by atoms with van der Waals surface area (Å²) in [7, 11) is 0. The molecule has 17 heavy (non-hydrogen) atoms. The highest BCUT2D eigenvalue weighted by molar-refractivity contribution is 5.37. The molecule has 0 radical (unpaired) electrons. The minimum Gasteiger partial charge on any atom is -0.323 e. The lowest BCUT2D eigenvalue weighted by Crippen LogP contribution is -2.08. The molecule has 0 saturated carbocycles. The second-order valence-corrected chi connectivity index (χ2v) is 4.22. The van der Waals surface area contributed by atoms with E-state index >= 15 is 0 Å². The highest BCUT2D eigenvalue weighted by atomic mass is 19.1. The Labute approximate surface area is 99.2 Å². The van der Waals surface area contributed by atoms with E-state index in [0.29, 0.717) is 11.4 Å². The Kier molecular flexibility index (Phi) is 2.93. The fourth-order valence-electron chi connectivity index (χ4n) is 1.77. The molecular weight excluding hydrogens is 219 g/mol. The summed E-state index contributed by atoms with van der Waals surface area (Å²) in [6.45, 7) is 5.50. The first kappa shape index (κ1) is 11.7. The van der Waals surface area contributed by atoms with E-state index in [9.17, 15) is 4.39 Å². The van der Waals surface area contributed by atoms with Gasteiger partial charge < -0.3 is 5.73 Å². The van der Waals surface area contributed by atoms with Crippen LogP contribution >= 0.6 is 0 Å². The molecule has 5 heteroatoms. The van der Waals surface area contributed by atoms with Crippen LogP contribution in [0.3, 0.4) is 0 Å². The number of hydrogen-bond acceptors (Lipinski definition) is 3. The van der Waals surface area contributed by atoms with Gasteiger partial charge in [-0.05, 0) is 38.5 Å². The average Bonchev–Trinajstić information content (AvgIpc) is 2.60. The summed E-state index contributed by atoms with van der Waals surface area (Å²) in [6.07, 6.45) is 0. The number of nitrogens with zero attached hydrogens (tertiary/aromatic N) is 3. The third-order valence-corrected chi connectivity index (χ3v) is 2.69. The number of benzene rings is 1. The van der Waals surface area contributed by atoms with E-state index in [1.807, 2.05) is 26.8 Å². The standard InChI is InChI=1S/C12H15FN4/c1-7-4-5-11(10(13)6-7)17-9(3)12(8(2)14)15-16-17/h4-6,8H,14H2,1-3H3. The molecule has 4 nitrogen and oxygen atoms in total. The number of halogens is 1. The molecule has 1 aromatic carbocycles. The molecule has 1 unspecified atom stereocenters. The van der Waals surface area contributed by atoms with Crippen molar-refractivity contribution in [1.29, 1.82) is 0 Å². The Morgan fingerprint density at radius 2 is 2.06 bits per heavy atom. The van der Waals surface area contributed by atoms with Gasteiger partial charge >= 0.3 is 0 Å². The van der Waals surface area contributed by atoms with Crippen molar-refractivity contribution in [3.8, 4) is 5.69 Å². The maximum absolute atomic E-state index is 13.8. The summed E-state index contributed by atoms with van der Waals surface area (Å²) in [6, 6.07) is 4.79. The number of hydrogen-bond donors (Lipinski definition) is 1. The highest BCUT2D eigenvalue weighted by Gasteiger charge is 2.15. The molecular formula is C12H15FN4. The molecule has 0 saturated heterocycles. The summed E-state index contributed by atoms with van der Waals surface area (Å²) in [5, 5.41) is 7.92. The van der Waals surface area contributed by atoms with E-state index in [1.165, 1.54) is 10.7 Å². The third-order valence-electron chi connectivity index (χ3n) is 2.69. The molecule has 2 aromatic rings. The average molecular weight is 234 g/mol. The lowest BCUT2D eigenvalue weighted by molar-refractivity contribution is 0.603. The van der Waals surface area contributed by atoms with Gasteiger partial charge in [-0.15, -0.1) is 5.10 Å². The molecule has 0 aliphatic rings. The van der Waals surface area contributed by atoms with E-state index in [2.05, 4.69) is 10.3 Å². The minimum atomic E-state index is -0.311. The largest absolute Gasteiger partial charge is 0.323 e. The van der Waals surface area contributed by atoms with Crippen LogP contribution in [0.15, 0.2) is 18.2 Å². The smallest absolute Gasteiger partial charge is 0.149 e. The zero-order valence-electron chi connectivity index (χ0n) is 10.1. The van der Waals surface area contributed by atoms with Crippen LogP contribution in [-0.4, -0.2) is 15.0 Å². The van der Waals surface area contributed by atoms with Crippen molar-refractivity contribution in [2.24, 2.45) is 5.73 Å². The van der Waals surface area contributed by atoms with Crippen LogP contribution in [0.1, 0.15) is 29.9 Å². The molecule has 0 amide bonds. The van der Waals surface area contributed by atoms with Crippen molar-refractivity contribution < 1.29 is 4.39 Å². The van der Waals surface area contributed by atoms with Gasteiger partial charge in [-0.2, -0.15) is 0 Å². The number of rotatable bonds is 2. The normalized spacial score (nSPS) is 12.8. The van der Waals surface area contributed by atoms with Crippen LogP contribution < -0.4 is 5.73 Å². The summed E-state index contributed by atoms with van der Waals surface area (Å²) in [5.74, 6) is -0.311. The van der Waals surface area contributed by atoms with Crippen LogP contribution in [0.2, 0.25) is 0 Å². The molecule has 1 aromatic heterocycles. The zero-order valence-corrected chi connectivity index (χ0v) is 10.1. The SMILES string of the molecule is Cc1ccc(-n2nnc(C(C)N)c2C)c(F)c1. The lowest BCUT2D eigenvalue weighted by Gasteiger charge is -2.06. The number of aromatic nitrogens is 3. The summed E-state index contributed by atoms with van der Waals surface area (Å²) < 4.78 is 15.3. The summed E-state index contributed by atoms with van der Waals surface area (Å²) >= 11 is 0. The van der Waals surface area contributed by atoms with Gasteiger partial charge in [0.15, 0.2) is 0 Å². The quantitative estimate of drug-likeness (QED) is 0.865. The van der Waals surface area contributed by atoms with Crippen LogP contribution in [0.25, 0.3) is 5.69 Å². The predicted octanol–water partition coefficient (Wildman–Crippen LogP) is 2.04. The zero-order chi connectivity index (χ0) is 12.6. The van der Waals surface area contributed by atoms with E-state index in [1.54, 1.807) is 6.07 Å². The van der Waals surface area contributed by atoms with Crippen LogP contribution in [-0.2, 0) is 0 Å². The fourth-order valence-corrected chi connectivity index (χ4v) is 1.77. The first-order valence-corrected chi connectivity index (χ1v) is 5.45. The van der Waals surface area contributed by atoms with Crippen molar-refractivity contribution in [2.45, 2.75) is 26.8 Å². The Morgan fingerprint density at radius 3 is 2.59 bits per heavy atom. The lowest BCUT2D eigenvalue weighted by atomic mass is 10.2. The number of nitrogens with two attached hydrogens (primary N) is 1. The molecule has 90 valence electrons. The van der Waals surface area contributed by atoms with Crippen molar-refractivity contribution in [3.05, 3.63) is 41.0 Å². The second kappa shape index (κ2) is 4.25. The predicted molar refractivity (Wildman–Crippen MR) is 63.4 cm³/mol. The minimum absolute atomic E-state index is 0.211. The molecule has 0 bridgehead atoms. The summed E-state index contributed by atoms with van der Waals surface area (Å²) in [5.41, 5.74) is 8.48. The van der Waals surface area contributed by atoms with Crippen LogP contribution in [0.4, 0.5) is 4.39 Å². The summed E-state index contributed by atoms with van der Waals surface area (Å²) in [4.78, 5) is 0. The molecule has 0 fully saturated rings. The van der Waals surface area contributed by atoms with Gasteiger partial charge in [0.25, 0.3) is 0 Å². The molecule has 0 aliphatic heterocycles. The monoisotopic (exact) mass is 234 g/mol. The molecule has 1 heterocycles. The Balaban J connectivity index is 2.54. The van der Waals surface area contributed by atoms with Crippen LogP contribution in [0, 0.1) is 19.7 Å². The van der Waals surface area contributed by atoms with Gasteiger partial charge in [0.1, 0.15) is 17.2 Å². The topological polar surface area (TPSA) is 56.7 Å². The number of aryl methyl sites for hydroxylation is 1. The van der Waals surface area contributed by atoms with Crippen molar-refractivity contribution in [2.75, 3.05) is 0 Å².